The summed E-state index contributed by atoms with van der Waals surface area (Å²) < 4.78 is 11.3. The highest BCUT2D eigenvalue weighted by molar-refractivity contribution is 5.90. The maximum atomic E-state index is 12.8. The number of aromatic amines is 1. The molecule has 2 aliphatic heterocycles. The lowest BCUT2D eigenvalue weighted by molar-refractivity contribution is 0.0205. The average molecular weight is 677 g/mol. The second kappa shape index (κ2) is 14.0. The number of H-pyrrole nitrogens is 1. The van der Waals surface area contributed by atoms with Gasteiger partial charge in [-0.1, -0.05) is 48.5 Å². The molecule has 0 bridgehead atoms. The SMILES string of the molecule is C=N/C=C(\NC1CCCN1C(=O)OC(C)(C)C)c1ccc(-c2ccc3cc(-c4cnc([C@@H]5CCCN5C(=O)OC(C)(C)C)[nH]4)ccc3c2)cc1. The summed E-state index contributed by atoms with van der Waals surface area (Å²) in [5, 5.41) is 5.75. The Balaban J connectivity index is 1.15. The summed E-state index contributed by atoms with van der Waals surface area (Å²) in [4.78, 5) is 41.4. The van der Waals surface area contributed by atoms with Crippen molar-refractivity contribution < 1.29 is 19.1 Å². The number of fused-ring (bicyclic) bond motifs is 1. The van der Waals surface area contributed by atoms with Crippen molar-refractivity contribution in [3.63, 3.8) is 0 Å². The monoisotopic (exact) mass is 676 g/mol. The predicted octanol–water partition coefficient (Wildman–Crippen LogP) is 8.91. The van der Waals surface area contributed by atoms with Crippen molar-refractivity contribution in [3.8, 4) is 22.4 Å². The van der Waals surface area contributed by atoms with E-state index in [1.807, 2.05) is 47.7 Å². The maximum absolute atomic E-state index is 12.8. The third-order valence-corrected chi connectivity index (χ3v) is 8.90. The molecule has 3 heterocycles. The van der Waals surface area contributed by atoms with Gasteiger partial charge in [0, 0.05) is 24.9 Å². The number of benzene rings is 3. The number of carbonyl (C=O) groups is 2. The number of hydrogen-bond acceptors (Lipinski definition) is 7. The molecule has 10 nitrogen and oxygen atoms in total. The van der Waals surface area contributed by atoms with Gasteiger partial charge < -0.3 is 19.8 Å². The second-order valence-electron chi connectivity index (χ2n) is 15.1. The number of nitrogens with one attached hydrogen (secondary N) is 2. The number of imidazole rings is 1. The number of carbonyl (C=O) groups excluding carboxylic acids is 2. The number of hydrogen-bond donors (Lipinski definition) is 2. The lowest BCUT2D eigenvalue weighted by atomic mass is 9.98. The fourth-order valence-electron chi connectivity index (χ4n) is 6.60. The first-order valence-electron chi connectivity index (χ1n) is 17.4. The van der Waals surface area contributed by atoms with Crippen LogP contribution >= 0.6 is 0 Å². The molecule has 2 saturated heterocycles. The van der Waals surface area contributed by atoms with Crippen LogP contribution in [0.1, 0.15) is 84.7 Å². The topological polar surface area (TPSA) is 112 Å². The van der Waals surface area contributed by atoms with E-state index in [4.69, 9.17) is 9.47 Å². The number of aromatic nitrogens is 2. The van der Waals surface area contributed by atoms with Gasteiger partial charge in [0.15, 0.2) is 0 Å². The highest BCUT2D eigenvalue weighted by atomic mass is 16.6. The minimum absolute atomic E-state index is 0.127. The summed E-state index contributed by atoms with van der Waals surface area (Å²) in [7, 11) is 0. The first-order chi connectivity index (χ1) is 23.8. The molecule has 3 aromatic carbocycles. The molecule has 262 valence electrons. The zero-order chi connectivity index (χ0) is 35.6. The fraction of sp³-hybridized carbons (Fsp3) is 0.400. The average Bonchev–Trinajstić information content (AvgIpc) is 3.84. The molecular formula is C40H48N6O4. The van der Waals surface area contributed by atoms with Gasteiger partial charge in [-0.2, -0.15) is 0 Å². The summed E-state index contributed by atoms with van der Waals surface area (Å²) in [5.74, 6) is 0.780. The Morgan fingerprint density at radius 3 is 2.08 bits per heavy atom. The van der Waals surface area contributed by atoms with E-state index in [-0.39, 0.29) is 24.4 Å². The molecule has 50 heavy (non-hydrogen) atoms. The molecule has 2 aliphatic rings. The second-order valence-corrected chi connectivity index (χ2v) is 15.1. The van der Waals surface area contributed by atoms with Crippen LogP contribution in [-0.4, -0.2) is 69.1 Å². The summed E-state index contributed by atoms with van der Waals surface area (Å²) in [6.45, 7) is 16.2. The van der Waals surface area contributed by atoms with Gasteiger partial charge in [-0.3, -0.25) is 14.8 Å². The summed E-state index contributed by atoms with van der Waals surface area (Å²) in [6.07, 6.45) is 6.21. The summed E-state index contributed by atoms with van der Waals surface area (Å²) in [6, 6.07) is 21.0. The molecule has 1 aromatic heterocycles. The zero-order valence-electron chi connectivity index (χ0n) is 30.0. The maximum Gasteiger partial charge on any atom is 0.411 e. The molecule has 4 aromatic rings. The van der Waals surface area contributed by atoms with E-state index in [9.17, 15) is 9.59 Å². The van der Waals surface area contributed by atoms with Gasteiger partial charge in [0.1, 0.15) is 23.2 Å². The highest BCUT2D eigenvalue weighted by Crippen LogP contribution is 2.34. The van der Waals surface area contributed by atoms with E-state index < -0.39 is 11.2 Å². The fourth-order valence-corrected chi connectivity index (χ4v) is 6.60. The van der Waals surface area contributed by atoms with Crippen molar-refractivity contribution in [2.24, 2.45) is 4.99 Å². The minimum Gasteiger partial charge on any atom is -0.444 e. The smallest absolute Gasteiger partial charge is 0.411 e. The van der Waals surface area contributed by atoms with E-state index in [2.05, 4.69) is 87.7 Å². The Morgan fingerprint density at radius 1 is 0.840 bits per heavy atom. The van der Waals surface area contributed by atoms with Gasteiger partial charge >= 0.3 is 12.2 Å². The largest absolute Gasteiger partial charge is 0.444 e. The molecule has 0 saturated carbocycles. The lowest BCUT2D eigenvalue weighted by Crippen LogP contribution is -2.46. The third kappa shape index (κ3) is 8.01. The van der Waals surface area contributed by atoms with Crippen molar-refractivity contribution >= 4 is 35.4 Å². The Hall–Kier alpha value is -5.12. The van der Waals surface area contributed by atoms with E-state index in [1.54, 1.807) is 16.0 Å². The first-order valence-corrected chi connectivity index (χ1v) is 17.4. The lowest BCUT2D eigenvalue weighted by Gasteiger charge is -2.30. The van der Waals surface area contributed by atoms with Crippen LogP contribution in [0, 0.1) is 0 Å². The number of rotatable bonds is 7. The first kappa shape index (κ1) is 34.7. The van der Waals surface area contributed by atoms with Crippen LogP contribution < -0.4 is 5.32 Å². The van der Waals surface area contributed by atoms with E-state index >= 15 is 0 Å². The van der Waals surface area contributed by atoms with Crippen LogP contribution in [0.2, 0.25) is 0 Å². The van der Waals surface area contributed by atoms with Gasteiger partial charge in [0.2, 0.25) is 0 Å². The summed E-state index contributed by atoms with van der Waals surface area (Å²) >= 11 is 0. The van der Waals surface area contributed by atoms with Crippen LogP contribution in [0.25, 0.3) is 38.9 Å². The van der Waals surface area contributed by atoms with E-state index in [0.29, 0.717) is 13.1 Å². The Morgan fingerprint density at radius 2 is 1.42 bits per heavy atom. The number of likely N-dealkylation sites (tertiary alicyclic amines) is 2. The molecule has 2 atom stereocenters. The van der Waals surface area contributed by atoms with Gasteiger partial charge in [-0.05, 0) is 114 Å². The van der Waals surface area contributed by atoms with Crippen molar-refractivity contribution in [1.82, 2.24) is 25.1 Å². The van der Waals surface area contributed by atoms with Crippen molar-refractivity contribution in [3.05, 3.63) is 84.4 Å². The van der Waals surface area contributed by atoms with Crippen LogP contribution in [0.4, 0.5) is 9.59 Å². The molecular weight excluding hydrogens is 628 g/mol. The number of amides is 2. The highest BCUT2D eigenvalue weighted by Gasteiger charge is 2.35. The Kier molecular flexibility index (Phi) is 9.73. The molecule has 2 fully saturated rings. The van der Waals surface area contributed by atoms with Crippen molar-refractivity contribution in [2.75, 3.05) is 13.1 Å². The van der Waals surface area contributed by atoms with Gasteiger partial charge in [0.25, 0.3) is 0 Å². The number of ether oxygens (including phenoxy) is 2. The van der Waals surface area contributed by atoms with Gasteiger partial charge in [0.05, 0.1) is 23.6 Å². The van der Waals surface area contributed by atoms with Crippen LogP contribution in [-0.2, 0) is 9.47 Å². The van der Waals surface area contributed by atoms with Gasteiger partial charge in [-0.25, -0.2) is 14.6 Å². The normalized spacial score (nSPS) is 18.4. The molecule has 10 heteroatoms. The van der Waals surface area contributed by atoms with Crippen LogP contribution in [0.3, 0.4) is 0 Å². The molecule has 0 radical (unpaired) electrons. The van der Waals surface area contributed by atoms with Crippen LogP contribution in [0.5, 0.6) is 0 Å². The molecule has 0 spiro atoms. The Labute approximate surface area is 294 Å². The quantitative estimate of drug-likeness (QED) is 0.189. The molecule has 2 amide bonds. The Bertz CT molecular complexity index is 1900. The molecule has 0 aliphatic carbocycles. The number of nitrogens with zero attached hydrogens (tertiary/aromatic N) is 4. The minimum atomic E-state index is -0.556. The predicted molar refractivity (Wildman–Crippen MR) is 199 cm³/mol. The van der Waals surface area contributed by atoms with E-state index in [1.165, 1.54) is 0 Å². The van der Waals surface area contributed by atoms with Gasteiger partial charge in [-0.15, -0.1) is 0 Å². The molecule has 1 unspecified atom stereocenters. The standard InChI is InChI=1S/C40H48N6O4/c1-39(2,3)49-37(47)45-20-8-10-34(45)36-42-25-33(44-36)31-19-18-29-22-28(16-17-30(29)23-31)26-12-14-27(15-13-26)32(24-41-7)43-35-11-9-21-46(35)38(48)50-40(4,5)6/h12-19,22-25,34-35,43H,7-11,20-21H2,1-6H3,(H,42,44)/b32-24-/t34-,35?/m0/s1. The molecule has 2 N–H and O–H groups in total. The molecule has 6 rings (SSSR count). The third-order valence-electron chi connectivity index (χ3n) is 8.90. The van der Waals surface area contributed by atoms with Crippen molar-refractivity contribution in [1.29, 1.82) is 0 Å². The van der Waals surface area contributed by atoms with E-state index in [0.717, 1.165) is 75.9 Å². The summed E-state index contributed by atoms with van der Waals surface area (Å²) in [5.41, 5.74) is 4.79. The van der Waals surface area contributed by atoms with Crippen LogP contribution in [0.15, 0.2) is 78.1 Å². The number of aliphatic imine (C=N–C) groups is 1. The zero-order valence-corrected chi connectivity index (χ0v) is 30.0. The van der Waals surface area contributed by atoms with Crippen molar-refractivity contribution in [2.45, 2.75) is 90.6 Å².